The van der Waals surface area contributed by atoms with Gasteiger partial charge in [0.25, 0.3) is 0 Å². The van der Waals surface area contributed by atoms with Crippen molar-refractivity contribution in [1.82, 2.24) is 14.8 Å². The molecule has 0 amide bonds. The molecule has 0 aliphatic heterocycles. The second kappa shape index (κ2) is 5.95. The van der Waals surface area contributed by atoms with Crippen LogP contribution in [0.3, 0.4) is 0 Å². The third-order valence-electron chi connectivity index (χ3n) is 2.59. The van der Waals surface area contributed by atoms with E-state index in [9.17, 15) is 4.79 Å². The van der Waals surface area contributed by atoms with Gasteiger partial charge in [0, 0.05) is 36.6 Å². The Balaban J connectivity index is 2.31. The maximum absolute atomic E-state index is 11.3. The topological polar surface area (TPSA) is 57.0 Å². The minimum Gasteiger partial charge on any atom is -0.463 e. The summed E-state index contributed by atoms with van der Waals surface area (Å²) in [6.45, 7) is 2.14. The molecule has 2 aromatic heterocycles. The van der Waals surface area contributed by atoms with Crippen molar-refractivity contribution in [3.8, 4) is 11.3 Å². The Morgan fingerprint density at radius 3 is 3.00 bits per heavy atom. The first-order valence-corrected chi connectivity index (χ1v) is 5.99. The number of aromatic nitrogens is 3. The van der Waals surface area contributed by atoms with Crippen molar-refractivity contribution in [2.75, 3.05) is 6.61 Å². The Bertz CT molecular complexity index is 588. The zero-order valence-corrected chi connectivity index (χ0v) is 10.9. The zero-order chi connectivity index (χ0) is 13.7. The number of hydrogen-bond donors (Lipinski definition) is 0. The Morgan fingerprint density at radius 1 is 1.47 bits per heavy atom. The SMILES string of the molecule is CCOC(=O)/C=C/c1cnn(C)c1-c1cccnc1. The summed E-state index contributed by atoms with van der Waals surface area (Å²) in [6, 6.07) is 3.81. The van der Waals surface area contributed by atoms with Crippen LogP contribution >= 0.6 is 0 Å². The van der Waals surface area contributed by atoms with Crippen LogP contribution in [0.15, 0.2) is 36.8 Å². The third-order valence-corrected chi connectivity index (χ3v) is 2.59. The van der Waals surface area contributed by atoms with Gasteiger partial charge in [0.2, 0.25) is 0 Å². The number of aryl methyl sites for hydroxylation is 1. The molecule has 0 unspecified atom stereocenters. The van der Waals surface area contributed by atoms with Crippen LogP contribution in [-0.4, -0.2) is 27.3 Å². The summed E-state index contributed by atoms with van der Waals surface area (Å²) < 4.78 is 6.60. The van der Waals surface area contributed by atoms with Gasteiger partial charge in [-0.05, 0) is 25.1 Å². The van der Waals surface area contributed by atoms with Crippen molar-refractivity contribution in [1.29, 1.82) is 0 Å². The third kappa shape index (κ3) is 3.07. The molecule has 0 radical (unpaired) electrons. The number of rotatable bonds is 4. The highest BCUT2D eigenvalue weighted by molar-refractivity contribution is 5.88. The molecular weight excluding hydrogens is 242 g/mol. The smallest absolute Gasteiger partial charge is 0.330 e. The number of carbonyl (C=O) groups excluding carboxylic acids is 1. The fourth-order valence-corrected chi connectivity index (χ4v) is 1.78. The van der Waals surface area contributed by atoms with E-state index in [1.165, 1.54) is 6.08 Å². The predicted molar refractivity (Wildman–Crippen MR) is 72.1 cm³/mol. The van der Waals surface area contributed by atoms with Gasteiger partial charge in [-0.2, -0.15) is 5.10 Å². The van der Waals surface area contributed by atoms with Gasteiger partial charge < -0.3 is 4.74 Å². The minimum atomic E-state index is -0.358. The summed E-state index contributed by atoms with van der Waals surface area (Å²) in [7, 11) is 1.85. The Kier molecular flexibility index (Phi) is 4.07. The summed E-state index contributed by atoms with van der Waals surface area (Å²) in [5.41, 5.74) is 2.71. The number of hydrogen-bond acceptors (Lipinski definition) is 4. The van der Waals surface area contributed by atoms with Gasteiger partial charge in [-0.15, -0.1) is 0 Å². The van der Waals surface area contributed by atoms with Crippen molar-refractivity contribution in [3.63, 3.8) is 0 Å². The van der Waals surface area contributed by atoms with Gasteiger partial charge in [-0.3, -0.25) is 9.67 Å². The average Bonchev–Trinajstić information content (AvgIpc) is 2.79. The fraction of sp³-hybridized carbons (Fsp3) is 0.214. The van der Waals surface area contributed by atoms with Crippen molar-refractivity contribution >= 4 is 12.0 Å². The largest absolute Gasteiger partial charge is 0.463 e. The van der Waals surface area contributed by atoms with Crippen LogP contribution in [0.1, 0.15) is 12.5 Å². The lowest BCUT2D eigenvalue weighted by Crippen LogP contribution is -1.99. The Morgan fingerprint density at radius 2 is 2.32 bits per heavy atom. The van der Waals surface area contributed by atoms with Crippen LogP contribution in [-0.2, 0) is 16.6 Å². The summed E-state index contributed by atoms with van der Waals surface area (Å²) in [4.78, 5) is 15.4. The zero-order valence-electron chi connectivity index (χ0n) is 10.9. The molecule has 0 bridgehead atoms. The van der Waals surface area contributed by atoms with Crippen molar-refractivity contribution in [2.45, 2.75) is 6.92 Å². The van der Waals surface area contributed by atoms with Crippen LogP contribution in [0.4, 0.5) is 0 Å². The summed E-state index contributed by atoms with van der Waals surface area (Å²) in [5.74, 6) is -0.358. The van der Waals surface area contributed by atoms with Crippen LogP contribution < -0.4 is 0 Å². The first-order valence-electron chi connectivity index (χ1n) is 5.99. The molecule has 0 aromatic carbocycles. The highest BCUT2D eigenvalue weighted by Crippen LogP contribution is 2.23. The number of carbonyl (C=O) groups is 1. The average molecular weight is 257 g/mol. The molecule has 0 fully saturated rings. The molecule has 2 rings (SSSR count). The molecule has 19 heavy (non-hydrogen) atoms. The number of esters is 1. The van der Waals surface area contributed by atoms with Crippen LogP contribution in [0, 0.1) is 0 Å². The quantitative estimate of drug-likeness (QED) is 0.621. The second-order valence-corrected chi connectivity index (χ2v) is 3.90. The van der Waals surface area contributed by atoms with E-state index in [-0.39, 0.29) is 5.97 Å². The van der Waals surface area contributed by atoms with E-state index >= 15 is 0 Å². The molecule has 0 spiro atoms. The first-order chi connectivity index (χ1) is 9.22. The van der Waals surface area contributed by atoms with Crippen molar-refractivity contribution in [3.05, 3.63) is 42.4 Å². The normalized spacial score (nSPS) is 10.8. The summed E-state index contributed by atoms with van der Waals surface area (Å²) >= 11 is 0. The lowest BCUT2D eigenvalue weighted by atomic mass is 10.1. The summed E-state index contributed by atoms with van der Waals surface area (Å²) in [6.07, 6.45) is 8.29. The van der Waals surface area contributed by atoms with Gasteiger partial charge in [0.1, 0.15) is 0 Å². The van der Waals surface area contributed by atoms with Gasteiger partial charge in [-0.1, -0.05) is 0 Å². The van der Waals surface area contributed by atoms with Crippen LogP contribution in [0.5, 0.6) is 0 Å². The first kappa shape index (κ1) is 13.0. The maximum Gasteiger partial charge on any atom is 0.330 e. The van der Waals surface area contributed by atoms with E-state index < -0.39 is 0 Å². The van der Waals surface area contributed by atoms with E-state index in [0.717, 1.165) is 16.8 Å². The van der Waals surface area contributed by atoms with Crippen molar-refractivity contribution < 1.29 is 9.53 Å². The van der Waals surface area contributed by atoms with Crippen LogP contribution in [0.25, 0.3) is 17.3 Å². The second-order valence-electron chi connectivity index (χ2n) is 3.90. The fourth-order valence-electron chi connectivity index (χ4n) is 1.78. The highest BCUT2D eigenvalue weighted by Gasteiger charge is 2.09. The van der Waals surface area contributed by atoms with E-state index in [1.54, 1.807) is 36.3 Å². The number of ether oxygens (including phenoxy) is 1. The molecule has 5 heteroatoms. The molecule has 0 aliphatic carbocycles. The molecule has 5 nitrogen and oxygen atoms in total. The van der Waals surface area contributed by atoms with E-state index in [2.05, 4.69) is 10.1 Å². The lowest BCUT2D eigenvalue weighted by Gasteiger charge is -2.03. The Labute approximate surface area is 111 Å². The molecule has 0 saturated heterocycles. The molecule has 2 heterocycles. The molecule has 98 valence electrons. The van der Waals surface area contributed by atoms with Gasteiger partial charge in [0.05, 0.1) is 18.5 Å². The lowest BCUT2D eigenvalue weighted by molar-refractivity contribution is -0.137. The molecule has 0 aliphatic rings. The molecule has 0 N–H and O–H groups in total. The van der Waals surface area contributed by atoms with Crippen LogP contribution in [0.2, 0.25) is 0 Å². The number of pyridine rings is 1. The number of nitrogens with zero attached hydrogens (tertiary/aromatic N) is 3. The molecule has 0 saturated carbocycles. The van der Waals surface area contributed by atoms with Gasteiger partial charge in [-0.25, -0.2) is 4.79 Å². The van der Waals surface area contributed by atoms with E-state index in [4.69, 9.17) is 4.74 Å². The van der Waals surface area contributed by atoms with E-state index in [1.807, 2.05) is 19.2 Å². The van der Waals surface area contributed by atoms with Gasteiger partial charge >= 0.3 is 5.97 Å². The highest BCUT2D eigenvalue weighted by atomic mass is 16.5. The standard InChI is InChI=1S/C14H15N3O2/c1-3-19-13(18)7-6-12-10-16-17(2)14(12)11-5-4-8-15-9-11/h4-10H,3H2,1-2H3/b7-6+. The maximum atomic E-state index is 11.3. The molecular formula is C14H15N3O2. The molecule has 0 atom stereocenters. The minimum absolute atomic E-state index is 0.358. The van der Waals surface area contributed by atoms with Gasteiger partial charge in [0.15, 0.2) is 0 Å². The molecule has 2 aromatic rings. The van der Waals surface area contributed by atoms with Crippen molar-refractivity contribution in [2.24, 2.45) is 7.05 Å². The monoisotopic (exact) mass is 257 g/mol. The summed E-state index contributed by atoms with van der Waals surface area (Å²) in [5, 5.41) is 4.20. The Hall–Kier alpha value is -2.43. The predicted octanol–water partition coefficient (Wildman–Crippen LogP) is 2.06. The van der Waals surface area contributed by atoms with E-state index in [0.29, 0.717) is 6.61 Å².